The van der Waals surface area contributed by atoms with E-state index in [0.717, 1.165) is 16.3 Å². The van der Waals surface area contributed by atoms with Crippen molar-refractivity contribution in [3.8, 4) is 0 Å². The Labute approximate surface area is 89.0 Å². The van der Waals surface area contributed by atoms with Gasteiger partial charge in [0.25, 0.3) is 0 Å². The zero-order valence-corrected chi connectivity index (χ0v) is 8.31. The Morgan fingerprint density at radius 1 is 1.13 bits per heavy atom. The Bertz CT molecular complexity index is 486. The van der Waals surface area contributed by atoms with Crippen molar-refractivity contribution in [1.82, 2.24) is 0 Å². The summed E-state index contributed by atoms with van der Waals surface area (Å²) in [5.41, 5.74) is 0.970. The van der Waals surface area contributed by atoms with Crippen molar-refractivity contribution < 1.29 is 4.79 Å². The minimum Gasteiger partial charge on any atom is -0.290 e. The van der Waals surface area contributed by atoms with Crippen molar-refractivity contribution in [2.45, 2.75) is 5.92 Å². The van der Waals surface area contributed by atoms with Crippen LogP contribution in [0.4, 0.5) is 0 Å². The molecule has 15 heavy (non-hydrogen) atoms. The minimum atomic E-state index is -0.337. The average Bonchev–Trinajstić information content (AvgIpc) is 2.31. The summed E-state index contributed by atoms with van der Waals surface area (Å²) in [4.78, 5) is 10.8. The summed E-state index contributed by atoms with van der Waals surface area (Å²) in [7, 11) is 0. The van der Waals surface area contributed by atoms with E-state index in [1.165, 1.54) is 0 Å². The summed E-state index contributed by atoms with van der Waals surface area (Å²) in [6, 6.07) is 13.9. The van der Waals surface area contributed by atoms with Crippen LogP contribution in [0.15, 0.2) is 55.1 Å². The van der Waals surface area contributed by atoms with E-state index in [-0.39, 0.29) is 5.92 Å². The molecule has 1 heteroatoms. The number of benzene rings is 2. The van der Waals surface area contributed by atoms with Gasteiger partial charge in [-0.2, -0.15) is 0 Å². The van der Waals surface area contributed by atoms with Crippen molar-refractivity contribution in [3.63, 3.8) is 0 Å². The Hall–Kier alpha value is -1.89. The third kappa shape index (κ3) is 1.68. The molecule has 1 nitrogen and oxygen atoms in total. The zero-order valence-electron chi connectivity index (χ0n) is 8.31. The fraction of sp³-hybridized carbons (Fsp3) is 0.0714. The molecule has 1 unspecified atom stereocenters. The Kier molecular flexibility index (Phi) is 2.64. The van der Waals surface area contributed by atoms with Gasteiger partial charge in [0, 0.05) is 0 Å². The van der Waals surface area contributed by atoms with E-state index in [1.807, 2.05) is 48.8 Å². The van der Waals surface area contributed by atoms with Crippen LogP contribution >= 0.6 is 0 Å². The highest BCUT2D eigenvalue weighted by Crippen LogP contribution is 2.24. The van der Waals surface area contributed by atoms with Gasteiger partial charge < -0.3 is 0 Å². The molecule has 0 saturated heterocycles. The second kappa shape index (κ2) is 4.09. The van der Waals surface area contributed by atoms with Crippen LogP contribution in [0.2, 0.25) is 0 Å². The van der Waals surface area contributed by atoms with Gasteiger partial charge in [0.05, 0.1) is 5.92 Å². The monoisotopic (exact) mass is 195 g/mol. The number of hydrogen-bond donors (Lipinski definition) is 0. The van der Waals surface area contributed by atoms with Gasteiger partial charge in [-0.1, -0.05) is 48.5 Å². The van der Waals surface area contributed by atoms with Gasteiger partial charge in [-0.25, -0.2) is 0 Å². The van der Waals surface area contributed by atoms with Crippen LogP contribution in [-0.4, -0.2) is 6.29 Å². The molecular formula is C14H11O. The number of carbonyl (C=O) groups excluding carboxylic acids is 1. The van der Waals surface area contributed by atoms with Crippen LogP contribution in [0, 0.1) is 0 Å². The maximum Gasteiger partial charge on any atom is 0.210 e. The van der Waals surface area contributed by atoms with Crippen LogP contribution in [0.1, 0.15) is 11.5 Å². The van der Waals surface area contributed by atoms with E-state index < -0.39 is 0 Å². The highest BCUT2D eigenvalue weighted by atomic mass is 16.1. The average molecular weight is 195 g/mol. The van der Waals surface area contributed by atoms with Gasteiger partial charge in [0.1, 0.15) is 0 Å². The van der Waals surface area contributed by atoms with Crippen molar-refractivity contribution in [2.75, 3.05) is 0 Å². The van der Waals surface area contributed by atoms with Crippen molar-refractivity contribution >= 4 is 17.1 Å². The van der Waals surface area contributed by atoms with Gasteiger partial charge in [-0.3, -0.25) is 4.79 Å². The summed E-state index contributed by atoms with van der Waals surface area (Å²) >= 11 is 0. The summed E-state index contributed by atoms with van der Waals surface area (Å²) in [5.74, 6) is -0.337. The topological polar surface area (TPSA) is 17.1 Å². The van der Waals surface area contributed by atoms with Gasteiger partial charge in [-0.05, 0) is 16.3 Å². The van der Waals surface area contributed by atoms with E-state index in [9.17, 15) is 4.79 Å². The second-order valence-corrected chi connectivity index (χ2v) is 3.40. The molecule has 0 aliphatic rings. The first-order valence-corrected chi connectivity index (χ1v) is 4.84. The molecule has 1 atom stereocenters. The van der Waals surface area contributed by atoms with Crippen LogP contribution in [0.3, 0.4) is 0 Å². The van der Waals surface area contributed by atoms with E-state index in [0.29, 0.717) is 0 Å². The van der Waals surface area contributed by atoms with Crippen LogP contribution in [-0.2, 0) is 4.79 Å². The van der Waals surface area contributed by atoms with Crippen LogP contribution < -0.4 is 0 Å². The highest BCUT2D eigenvalue weighted by molar-refractivity contribution is 5.89. The molecule has 0 N–H and O–H groups in total. The molecule has 2 aromatic carbocycles. The van der Waals surface area contributed by atoms with Gasteiger partial charge in [-0.15, -0.1) is 6.58 Å². The Balaban J connectivity index is 2.69. The maximum absolute atomic E-state index is 10.8. The molecule has 2 aromatic rings. The molecule has 0 heterocycles. The molecular weight excluding hydrogens is 184 g/mol. The lowest BCUT2D eigenvalue weighted by Gasteiger charge is -2.08. The maximum atomic E-state index is 10.8. The Morgan fingerprint density at radius 2 is 1.87 bits per heavy atom. The van der Waals surface area contributed by atoms with Gasteiger partial charge >= 0.3 is 0 Å². The molecule has 0 aliphatic heterocycles. The minimum absolute atomic E-state index is 0.337. The van der Waals surface area contributed by atoms with Crippen molar-refractivity contribution in [1.29, 1.82) is 0 Å². The van der Waals surface area contributed by atoms with E-state index in [1.54, 1.807) is 6.08 Å². The molecule has 0 aliphatic carbocycles. The summed E-state index contributed by atoms with van der Waals surface area (Å²) in [5, 5.41) is 2.23. The fourth-order valence-corrected chi connectivity index (χ4v) is 1.76. The molecule has 73 valence electrons. The zero-order chi connectivity index (χ0) is 10.7. The molecule has 0 spiro atoms. The first-order valence-electron chi connectivity index (χ1n) is 4.84. The first-order chi connectivity index (χ1) is 7.36. The van der Waals surface area contributed by atoms with Crippen molar-refractivity contribution in [3.05, 3.63) is 60.7 Å². The van der Waals surface area contributed by atoms with Crippen molar-refractivity contribution in [2.24, 2.45) is 0 Å². The van der Waals surface area contributed by atoms with Gasteiger partial charge in [0.2, 0.25) is 6.29 Å². The number of rotatable bonds is 3. The Morgan fingerprint density at radius 3 is 2.60 bits per heavy atom. The molecule has 0 amide bonds. The third-order valence-corrected chi connectivity index (χ3v) is 2.52. The number of allylic oxidation sites excluding steroid dienone is 1. The van der Waals surface area contributed by atoms with E-state index in [2.05, 4.69) is 6.58 Å². The lowest BCUT2D eigenvalue weighted by molar-refractivity contribution is 0.550. The van der Waals surface area contributed by atoms with E-state index >= 15 is 0 Å². The molecule has 0 saturated carbocycles. The molecule has 0 bridgehead atoms. The van der Waals surface area contributed by atoms with Gasteiger partial charge in [0.15, 0.2) is 0 Å². The quantitative estimate of drug-likeness (QED) is 0.687. The smallest absolute Gasteiger partial charge is 0.210 e. The SMILES string of the molecule is C=CC([C]=O)c1cccc2ccccc12. The second-order valence-electron chi connectivity index (χ2n) is 3.40. The lowest BCUT2D eigenvalue weighted by atomic mass is 9.95. The predicted molar refractivity (Wildman–Crippen MR) is 62.6 cm³/mol. The van der Waals surface area contributed by atoms with E-state index in [4.69, 9.17) is 0 Å². The molecule has 0 aromatic heterocycles. The largest absolute Gasteiger partial charge is 0.290 e. The molecule has 2 rings (SSSR count). The van der Waals surface area contributed by atoms with Crippen LogP contribution in [0.5, 0.6) is 0 Å². The predicted octanol–water partition coefficient (Wildman–Crippen LogP) is 3.22. The first kappa shape index (κ1) is 9.66. The molecule has 0 fully saturated rings. The third-order valence-electron chi connectivity index (χ3n) is 2.52. The summed E-state index contributed by atoms with van der Waals surface area (Å²) < 4.78 is 0. The molecule has 1 radical (unpaired) electrons. The van der Waals surface area contributed by atoms with Crippen LogP contribution in [0.25, 0.3) is 10.8 Å². The standard InChI is InChI=1S/C14H11O/c1-2-11(10-15)13-9-5-7-12-6-3-4-8-14(12)13/h2-9,11H,1H2. The highest BCUT2D eigenvalue weighted by Gasteiger charge is 2.09. The summed E-state index contributed by atoms with van der Waals surface area (Å²) in [6.07, 6.45) is 3.61. The number of hydrogen-bond acceptors (Lipinski definition) is 1. The summed E-state index contributed by atoms with van der Waals surface area (Å²) in [6.45, 7) is 3.65. The number of fused-ring (bicyclic) bond motifs is 1. The lowest BCUT2D eigenvalue weighted by Crippen LogP contribution is -1.96. The fourth-order valence-electron chi connectivity index (χ4n) is 1.76. The normalized spacial score (nSPS) is 12.3.